The largest absolute Gasteiger partial charge is 0.370 e. The standard InChI is InChI=1S/C16H33N5/c1-20-10-6-12-21(14-13-20)11-5-9-18-16(17)19-15-7-3-2-4-8-15/h15H,2-14H2,1H3,(H3,17,18,19). The molecule has 3 N–H and O–H groups in total. The molecular formula is C16H33N5. The first-order chi connectivity index (χ1) is 10.2. The van der Waals surface area contributed by atoms with Crippen molar-refractivity contribution in [3.05, 3.63) is 0 Å². The van der Waals surface area contributed by atoms with Crippen molar-refractivity contribution in [2.24, 2.45) is 10.7 Å². The van der Waals surface area contributed by atoms with Gasteiger partial charge in [0, 0.05) is 25.7 Å². The van der Waals surface area contributed by atoms with Crippen LogP contribution >= 0.6 is 0 Å². The van der Waals surface area contributed by atoms with E-state index in [2.05, 4.69) is 27.2 Å². The number of aliphatic imine (C=N–C) groups is 1. The van der Waals surface area contributed by atoms with E-state index >= 15 is 0 Å². The van der Waals surface area contributed by atoms with Crippen LogP contribution in [0.4, 0.5) is 0 Å². The summed E-state index contributed by atoms with van der Waals surface area (Å²) < 4.78 is 0. The molecule has 0 bridgehead atoms. The van der Waals surface area contributed by atoms with Gasteiger partial charge in [-0.25, -0.2) is 0 Å². The Morgan fingerprint density at radius 2 is 1.90 bits per heavy atom. The molecule has 2 aliphatic rings. The molecule has 1 aliphatic heterocycles. The molecular weight excluding hydrogens is 262 g/mol. The van der Waals surface area contributed by atoms with Crippen LogP contribution < -0.4 is 11.1 Å². The van der Waals surface area contributed by atoms with E-state index in [1.165, 1.54) is 64.7 Å². The summed E-state index contributed by atoms with van der Waals surface area (Å²) in [6.07, 6.45) is 8.92. The quantitative estimate of drug-likeness (QED) is 0.455. The maximum atomic E-state index is 5.99. The summed E-state index contributed by atoms with van der Waals surface area (Å²) in [5.41, 5.74) is 5.99. The van der Waals surface area contributed by atoms with Gasteiger partial charge in [0.05, 0.1) is 0 Å². The fourth-order valence-electron chi connectivity index (χ4n) is 3.32. The van der Waals surface area contributed by atoms with Crippen molar-refractivity contribution < 1.29 is 0 Å². The molecule has 1 heterocycles. The molecule has 0 unspecified atom stereocenters. The molecule has 1 saturated carbocycles. The van der Waals surface area contributed by atoms with E-state index < -0.39 is 0 Å². The van der Waals surface area contributed by atoms with Crippen molar-refractivity contribution in [2.45, 2.75) is 51.0 Å². The van der Waals surface area contributed by atoms with Gasteiger partial charge in [0.1, 0.15) is 0 Å². The van der Waals surface area contributed by atoms with Crippen molar-refractivity contribution >= 4 is 5.96 Å². The van der Waals surface area contributed by atoms with Gasteiger partial charge in [-0.2, -0.15) is 0 Å². The molecule has 0 amide bonds. The highest BCUT2D eigenvalue weighted by Gasteiger charge is 2.13. The average Bonchev–Trinajstić information content (AvgIpc) is 2.69. The van der Waals surface area contributed by atoms with Crippen molar-refractivity contribution in [3.8, 4) is 0 Å². The first-order valence-electron chi connectivity index (χ1n) is 8.71. The zero-order chi connectivity index (χ0) is 14.9. The van der Waals surface area contributed by atoms with Crippen molar-refractivity contribution in [1.29, 1.82) is 0 Å². The van der Waals surface area contributed by atoms with E-state index in [4.69, 9.17) is 5.73 Å². The molecule has 0 spiro atoms. The monoisotopic (exact) mass is 295 g/mol. The third kappa shape index (κ3) is 6.66. The van der Waals surface area contributed by atoms with E-state index in [-0.39, 0.29) is 0 Å². The minimum Gasteiger partial charge on any atom is -0.370 e. The van der Waals surface area contributed by atoms with Crippen LogP contribution in [0.15, 0.2) is 4.99 Å². The highest BCUT2D eigenvalue weighted by atomic mass is 15.2. The number of likely N-dealkylation sites (N-methyl/N-ethyl adjacent to an activating group) is 1. The second kappa shape index (κ2) is 9.26. The number of nitrogens with two attached hydrogens (primary N) is 1. The van der Waals surface area contributed by atoms with Gasteiger partial charge in [-0.15, -0.1) is 0 Å². The van der Waals surface area contributed by atoms with Gasteiger partial charge >= 0.3 is 0 Å². The first kappa shape index (κ1) is 16.6. The lowest BCUT2D eigenvalue weighted by Gasteiger charge is -2.23. The molecule has 1 saturated heterocycles. The zero-order valence-electron chi connectivity index (χ0n) is 13.7. The highest BCUT2D eigenvalue weighted by molar-refractivity contribution is 5.78. The molecule has 0 aromatic carbocycles. The number of nitrogens with zero attached hydrogens (tertiary/aromatic N) is 3. The van der Waals surface area contributed by atoms with E-state index in [1.54, 1.807) is 0 Å². The van der Waals surface area contributed by atoms with Gasteiger partial charge in [-0.1, -0.05) is 19.3 Å². The van der Waals surface area contributed by atoms with Crippen LogP contribution in [0.3, 0.4) is 0 Å². The van der Waals surface area contributed by atoms with Crippen LogP contribution in [-0.4, -0.2) is 68.1 Å². The molecule has 0 radical (unpaired) electrons. The molecule has 5 heteroatoms. The lowest BCUT2D eigenvalue weighted by molar-refractivity contribution is 0.275. The maximum Gasteiger partial charge on any atom is 0.188 e. The van der Waals surface area contributed by atoms with E-state index in [9.17, 15) is 0 Å². The van der Waals surface area contributed by atoms with Gasteiger partial charge < -0.3 is 20.9 Å². The SMILES string of the molecule is CN1CCCN(CCCN=C(N)NC2CCCCC2)CC1. The number of nitrogens with one attached hydrogen (secondary N) is 1. The Balaban J connectivity index is 1.58. The molecule has 0 aromatic rings. The summed E-state index contributed by atoms with van der Waals surface area (Å²) >= 11 is 0. The lowest BCUT2D eigenvalue weighted by atomic mass is 9.96. The Hall–Kier alpha value is -0.810. The summed E-state index contributed by atoms with van der Waals surface area (Å²) in [5.74, 6) is 0.650. The minimum absolute atomic E-state index is 0.559. The fourth-order valence-corrected chi connectivity index (χ4v) is 3.32. The van der Waals surface area contributed by atoms with Crippen molar-refractivity contribution in [3.63, 3.8) is 0 Å². The molecule has 1 aliphatic carbocycles. The topological polar surface area (TPSA) is 56.9 Å². The van der Waals surface area contributed by atoms with E-state index in [0.717, 1.165) is 19.5 Å². The molecule has 5 nitrogen and oxygen atoms in total. The summed E-state index contributed by atoms with van der Waals surface area (Å²) in [6.45, 7) is 6.83. The van der Waals surface area contributed by atoms with Gasteiger partial charge in [0.2, 0.25) is 0 Å². The summed E-state index contributed by atoms with van der Waals surface area (Å²) in [4.78, 5) is 9.47. The van der Waals surface area contributed by atoms with Gasteiger partial charge in [-0.05, 0) is 52.4 Å². The Morgan fingerprint density at radius 3 is 2.71 bits per heavy atom. The first-order valence-corrected chi connectivity index (χ1v) is 8.71. The second-order valence-corrected chi connectivity index (χ2v) is 6.60. The Kier molecular flexibility index (Phi) is 7.30. The van der Waals surface area contributed by atoms with Crippen LogP contribution in [0.25, 0.3) is 0 Å². The minimum atomic E-state index is 0.559. The normalized spacial score (nSPS) is 24.0. The van der Waals surface area contributed by atoms with Crippen LogP contribution in [0, 0.1) is 0 Å². The third-order valence-corrected chi connectivity index (χ3v) is 4.68. The molecule has 0 aromatic heterocycles. The maximum absolute atomic E-state index is 5.99. The Labute approximate surface area is 130 Å². The Morgan fingerprint density at radius 1 is 1.10 bits per heavy atom. The van der Waals surface area contributed by atoms with Crippen LogP contribution in [0.5, 0.6) is 0 Å². The highest BCUT2D eigenvalue weighted by Crippen LogP contribution is 2.16. The zero-order valence-corrected chi connectivity index (χ0v) is 13.7. The number of rotatable bonds is 5. The van der Waals surface area contributed by atoms with Gasteiger partial charge in [-0.3, -0.25) is 4.99 Å². The van der Waals surface area contributed by atoms with Crippen molar-refractivity contribution in [1.82, 2.24) is 15.1 Å². The molecule has 21 heavy (non-hydrogen) atoms. The molecule has 2 fully saturated rings. The Bertz CT molecular complexity index is 312. The van der Waals surface area contributed by atoms with Crippen LogP contribution in [-0.2, 0) is 0 Å². The summed E-state index contributed by atoms with van der Waals surface area (Å²) in [5, 5.41) is 3.38. The smallest absolute Gasteiger partial charge is 0.188 e. The van der Waals surface area contributed by atoms with Gasteiger partial charge in [0.25, 0.3) is 0 Å². The number of guanidine groups is 1. The molecule has 2 rings (SSSR count). The summed E-state index contributed by atoms with van der Waals surface area (Å²) in [6, 6.07) is 0.559. The predicted molar refractivity (Wildman–Crippen MR) is 89.7 cm³/mol. The second-order valence-electron chi connectivity index (χ2n) is 6.60. The fraction of sp³-hybridized carbons (Fsp3) is 0.938. The predicted octanol–water partition coefficient (Wildman–Crippen LogP) is 1.25. The summed E-state index contributed by atoms with van der Waals surface area (Å²) in [7, 11) is 2.21. The number of hydrogen-bond donors (Lipinski definition) is 2. The number of hydrogen-bond acceptors (Lipinski definition) is 3. The van der Waals surface area contributed by atoms with Gasteiger partial charge in [0.15, 0.2) is 5.96 Å². The van der Waals surface area contributed by atoms with E-state index in [1.807, 2.05) is 0 Å². The lowest BCUT2D eigenvalue weighted by Crippen LogP contribution is -2.41. The molecule has 0 atom stereocenters. The van der Waals surface area contributed by atoms with Crippen molar-refractivity contribution in [2.75, 3.05) is 46.3 Å². The molecule has 122 valence electrons. The van der Waals surface area contributed by atoms with E-state index in [0.29, 0.717) is 12.0 Å². The third-order valence-electron chi connectivity index (χ3n) is 4.68. The van der Waals surface area contributed by atoms with Crippen LogP contribution in [0.2, 0.25) is 0 Å². The average molecular weight is 295 g/mol. The van der Waals surface area contributed by atoms with Crippen LogP contribution in [0.1, 0.15) is 44.9 Å².